The second-order valence-electron chi connectivity index (χ2n) is 5.79. The molecule has 3 rings (SSSR count). The Morgan fingerprint density at radius 3 is 2.62 bits per heavy atom. The Morgan fingerprint density at radius 2 is 1.96 bits per heavy atom. The Labute approximate surface area is 141 Å². The van der Waals surface area contributed by atoms with E-state index in [0.29, 0.717) is 35.8 Å². The lowest BCUT2D eigenvalue weighted by Crippen LogP contribution is -2.43. The second-order valence-corrected chi connectivity index (χ2v) is 5.79. The summed E-state index contributed by atoms with van der Waals surface area (Å²) in [5.74, 6) is 1.00. The van der Waals surface area contributed by atoms with Crippen LogP contribution in [0, 0.1) is 0 Å². The average Bonchev–Trinajstić information content (AvgIpc) is 2.63. The summed E-state index contributed by atoms with van der Waals surface area (Å²) in [4.78, 5) is 13.9. The Hall–Kier alpha value is -2.53. The van der Waals surface area contributed by atoms with Crippen molar-refractivity contribution >= 4 is 11.6 Å². The molecule has 1 amide bonds. The highest BCUT2D eigenvalue weighted by molar-refractivity contribution is 6.00. The van der Waals surface area contributed by atoms with Crippen LogP contribution in [0.15, 0.2) is 42.5 Å². The van der Waals surface area contributed by atoms with Gasteiger partial charge < -0.3 is 19.5 Å². The van der Waals surface area contributed by atoms with Crippen molar-refractivity contribution in [3.63, 3.8) is 0 Å². The Balaban J connectivity index is 1.95. The van der Waals surface area contributed by atoms with Gasteiger partial charge in [0.1, 0.15) is 6.61 Å². The molecule has 126 valence electrons. The van der Waals surface area contributed by atoms with Crippen molar-refractivity contribution in [2.45, 2.75) is 32.7 Å². The number of amides is 1. The highest BCUT2D eigenvalue weighted by Gasteiger charge is 2.33. The van der Waals surface area contributed by atoms with Crippen LogP contribution in [0.3, 0.4) is 0 Å². The predicted molar refractivity (Wildman–Crippen MR) is 91.3 cm³/mol. The first-order chi connectivity index (χ1) is 11.6. The third kappa shape index (κ3) is 3.08. The van der Waals surface area contributed by atoms with E-state index in [0.717, 1.165) is 5.56 Å². The molecule has 0 saturated heterocycles. The maximum atomic E-state index is 12.3. The van der Waals surface area contributed by atoms with E-state index in [1.807, 2.05) is 37.3 Å². The van der Waals surface area contributed by atoms with Crippen LogP contribution in [0.25, 0.3) is 0 Å². The van der Waals surface area contributed by atoms with E-state index in [9.17, 15) is 9.90 Å². The van der Waals surface area contributed by atoms with Gasteiger partial charge in [0.05, 0.1) is 12.3 Å². The van der Waals surface area contributed by atoms with Gasteiger partial charge in [-0.3, -0.25) is 4.79 Å². The molecule has 0 spiro atoms. The number of nitrogens with zero attached hydrogens (tertiary/aromatic N) is 1. The minimum Gasteiger partial charge on any atom is -0.485 e. The molecule has 0 saturated carbocycles. The normalized spacial score (nSPS) is 16.5. The Kier molecular flexibility index (Phi) is 4.71. The quantitative estimate of drug-likeness (QED) is 0.917. The van der Waals surface area contributed by atoms with E-state index >= 15 is 0 Å². The van der Waals surface area contributed by atoms with Crippen LogP contribution in [-0.2, 0) is 18.0 Å². The van der Waals surface area contributed by atoms with Crippen LogP contribution in [0.4, 0.5) is 5.69 Å². The fraction of sp³-hybridized carbons (Fsp3) is 0.316. The molecule has 5 nitrogen and oxygen atoms in total. The molecule has 1 aliphatic heterocycles. The summed E-state index contributed by atoms with van der Waals surface area (Å²) in [7, 11) is 1.72. The van der Waals surface area contributed by atoms with E-state index < -0.39 is 6.10 Å². The van der Waals surface area contributed by atoms with Crippen molar-refractivity contribution in [1.82, 2.24) is 0 Å². The molecule has 0 aliphatic carbocycles. The lowest BCUT2D eigenvalue weighted by molar-refractivity contribution is -0.126. The number of likely N-dealkylation sites (N-methyl/N-ethyl adjacent to an activating group) is 1. The van der Waals surface area contributed by atoms with Crippen LogP contribution in [0.2, 0.25) is 0 Å². The highest BCUT2D eigenvalue weighted by atomic mass is 16.5. The van der Waals surface area contributed by atoms with Gasteiger partial charge in [0.25, 0.3) is 5.91 Å². The smallest absolute Gasteiger partial charge is 0.267 e. The molecule has 2 aromatic rings. The van der Waals surface area contributed by atoms with Crippen molar-refractivity contribution in [2.75, 3.05) is 11.9 Å². The first kappa shape index (κ1) is 16.3. The standard InChI is InChI=1S/C19H21NO4/c1-3-16-19(22)20(2)15-9-14(11-21)10-17(18(15)24-16)23-12-13-7-5-4-6-8-13/h4-10,16,21H,3,11-12H2,1-2H3. The number of hydrogen-bond acceptors (Lipinski definition) is 4. The number of carbonyl (C=O) groups excluding carboxylic acids is 1. The summed E-state index contributed by atoms with van der Waals surface area (Å²) >= 11 is 0. The molecule has 1 aliphatic rings. The maximum absolute atomic E-state index is 12.3. The fourth-order valence-electron chi connectivity index (χ4n) is 2.73. The fourth-order valence-corrected chi connectivity index (χ4v) is 2.73. The first-order valence-corrected chi connectivity index (χ1v) is 8.02. The molecule has 1 N–H and O–H groups in total. The topological polar surface area (TPSA) is 59.0 Å². The Morgan fingerprint density at radius 1 is 1.21 bits per heavy atom. The van der Waals surface area contributed by atoms with E-state index in [-0.39, 0.29) is 12.5 Å². The molecule has 0 aromatic heterocycles. The average molecular weight is 327 g/mol. The van der Waals surface area contributed by atoms with Crippen LogP contribution in [0.5, 0.6) is 11.5 Å². The van der Waals surface area contributed by atoms with Crippen LogP contribution >= 0.6 is 0 Å². The number of anilines is 1. The van der Waals surface area contributed by atoms with Gasteiger partial charge in [-0.2, -0.15) is 0 Å². The molecule has 0 radical (unpaired) electrons. The largest absolute Gasteiger partial charge is 0.485 e. The van der Waals surface area contributed by atoms with Crippen molar-refractivity contribution in [2.24, 2.45) is 0 Å². The second kappa shape index (κ2) is 6.93. The number of aliphatic hydroxyl groups excluding tert-OH is 1. The van der Waals surface area contributed by atoms with Gasteiger partial charge in [-0.05, 0) is 29.7 Å². The molecule has 24 heavy (non-hydrogen) atoms. The molecule has 0 fully saturated rings. The number of hydrogen-bond donors (Lipinski definition) is 1. The number of aliphatic hydroxyl groups is 1. The number of carbonyl (C=O) groups is 1. The van der Waals surface area contributed by atoms with Gasteiger partial charge in [0, 0.05) is 7.05 Å². The zero-order valence-corrected chi connectivity index (χ0v) is 13.9. The summed E-state index contributed by atoms with van der Waals surface area (Å²) < 4.78 is 11.8. The number of fused-ring (bicyclic) bond motifs is 1. The zero-order chi connectivity index (χ0) is 17.1. The summed E-state index contributed by atoms with van der Waals surface area (Å²) in [5.41, 5.74) is 2.34. The molecule has 1 unspecified atom stereocenters. The molecular formula is C19H21NO4. The first-order valence-electron chi connectivity index (χ1n) is 8.02. The van der Waals surface area contributed by atoms with Gasteiger partial charge in [-0.15, -0.1) is 0 Å². The summed E-state index contributed by atoms with van der Waals surface area (Å²) in [6.45, 7) is 2.17. The van der Waals surface area contributed by atoms with Crippen molar-refractivity contribution < 1.29 is 19.4 Å². The van der Waals surface area contributed by atoms with E-state index in [1.165, 1.54) is 0 Å². The summed E-state index contributed by atoms with van der Waals surface area (Å²) in [5, 5.41) is 9.50. The molecule has 0 bridgehead atoms. The number of rotatable bonds is 5. The van der Waals surface area contributed by atoms with Gasteiger partial charge in [-0.1, -0.05) is 37.3 Å². The van der Waals surface area contributed by atoms with Gasteiger partial charge in [0.15, 0.2) is 17.6 Å². The third-order valence-electron chi connectivity index (χ3n) is 4.11. The van der Waals surface area contributed by atoms with E-state index in [1.54, 1.807) is 24.1 Å². The molecule has 2 aromatic carbocycles. The summed E-state index contributed by atoms with van der Waals surface area (Å²) in [6.07, 6.45) is 0.0734. The van der Waals surface area contributed by atoms with Crippen LogP contribution in [0.1, 0.15) is 24.5 Å². The van der Waals surface area contributed by atoms with Crippen molar-refractivity contribution in [3.8, 4) is 11.5 Å². The maximum Gasteiger partial charge on any atom is 0.267 e. The molecule has 5 heteroatoms. The van der Waals surface area contributed by atoms with Crippen molar-refractivity contribution in [3.05, 3.63) is 53.6 Å². The zero-order valence-electron chi connectivity index (χ0n) is 13.9. The lowest BCUT2D eigenvalue weighted by atomic mass is 10.1. The van der Waals surface area contributed by atoms with Crippen LogP contribution < -0.4 is 14.4 Å². The monoisotopic (exact) mass is 327 g/mol. The molecule has 1 heterocycles. The Bertz CT molecular complexity index is 730. The van der Waals surface area contributed by atoms with Crippen molar-refractivity contribution in [1.29, 1.82) is 0 Å². The molecule has 1 atom stereocenters. The number of benzene rings is 2. The lowest BCUT2D eigenvalue weighted by Gasteiger charge is -2.33. The van der Waals surface area contributed by atoms with Crippen LogP contribution in [-0.4, -0.2) is 24.2 Å². The number of ether oxygens (including phenoxy) is 2. The minimum atomic E-state index is -0.512. The SMILES string of the molecule is CCC1Oc2c(OCc3ccccc3)cc(CO)cc2N(C)C1=O. The summed E-state index contributed by atoms with van der Waals surface area (Å²) in [6, 6.07) is 13.3. The highest BCUT2D eigenvalue weighted by Crippen LogP contribution is 2.43. The molecular weight excluding hydrogens is 306 g/mol. The van der Waals surface area contributed by atoms with Gasteiger partial charge in [-0.25, -0.2) is 0 Å². The van der Waals surface area contributed by atoms with E-state index in [2.05, 4.69) is 0 Å². The minimum absolute atomic E-state index is 0.0888. The van der Waals surface area contributed by atoms with Gasteiger partial charge >= 0.3 is 0 Å². The third-order valence-corrected chi connectivity index (χ3v) is 4.11. The van der Waals surface area contributed by atoms with Gasteiger partial charge in [0.2, 0.25) is 0 Å². The predicted octanol–water partition coefficient (Wildman–Crippen LogP) is 2.89. The van der Waals surface area contributed by atoms with E-state index in [4.69, 9.17) is 9.47 Å².